The van der Waals surface area contributed by atoms with E-state index in [1.165, 1.54) is 17.0 Å². The van der Waals surface area contributed by atoms with E-state index in [0.717, 1.165) is 36.8 Å². The van der Waals surface area contributed by atoms with Gasteiger partial charge in [-0.2, -0.15) is 0 Å². The summed E-state index contributed by atoms with van der Waals surface area (Å²) in [5, 5.41) is 9.61. The Bertz CT molecular complexity index is 1380. The Morgan fingerprint density at radius 2 is 1.84 bits per heavy atom. The van der Waals surface area contributed by atoms with Crippen molar-refractivity contribution in [3.05, 3.63) is 58.8 Å². The van der Waals surface area contributed by atoms with Crippen LogP contribution in [0.5, 0.6) is 5.75 Å². The van der Waals surface area contributed by atoms with Crippen LogP contribution in [-0.4, -0.2) is 41.8 Å². The summed E-state index contributed by atoms with van der Waals surface area (Å²) in [7, 11) is 1.88. The molecule has 1 fully saturated rings. The lowest BCUT2D eigenvalue weighted by atomic mass is 9.83. The molecular weight excluding hydrogens is 557 g/mol. The van der Waals surface area contributed by atoms with E-state index in [9.17, 15) is 27.9 Å². The number of anilines is 1. The third-order valence-electron chi connectivity index (χ3n) is 8.00. The van der Waals surface area contributed by atoms with Gasteiger partial charge in [-0.1, -0.05) is 56.7 Å². The lowest BCUT2D eigenvalue weighted by Crippen LogP contribution is -2.44. The second-order valence-corrected chi connectivity index (χ2v) is 11.1. The minimum Gasteiger partial charge on any atom is -0.406 e. The Hall–Kier alpha value is -3.77. The standard InChI is InChI=1S/C34H41F3N2O4/c1-7-22(3)20-38(6)31-24(5)30(25-14-16-28(17-15-25)43-34(35,36)37)19-27(29(31)13-10-18-40)21-39(32(41)23(4)8-2)33(42)26-11-9-12-26/h14-17,19-20,23,26,40H,7-9,11-12,18,21H2,1-6H3/b22-20+. The van der Waals surface area contributed by atoms with E-state index >= 15 is 0 Å². The highest BCUT2D eigenvalue weighted by atomic mass is 19.4. The van der Waals surface area contributed by atoms with Crippen LogP contribution in [0.1, 0.15) is 76.5 Å². The van der Waals surface area contributed by atoms with Crippen LogP contribution in [0.15, 0.2) is 42.1 Å². The fourth-order valence-corrected chi connectivity index (χ4v) is 5.03. The SMILES string of the molecule is CC/C(C)=C/N(C)c1c(C)c(-c2ccc(OC(F)(F)F)cc2)cc(CN(C(=O)C(C)CC)C(=O)C2CCC2)c1C#CCO. The molecule has 2 amide bonds. The number of allylic oxidation sites excluding steroid dienone is 1. The number of benzene rings is 2. The van der Waals surface area contributed by atoms with Crippen molar-refractivity contribution in [3.63, 3.8) is 0 Å². The number of carbonyl (C=O) groups excluding carboxylic acids is 2. The van der Waals surface area contributed by atoms with Gasteiger partial charge in [-0.15, -0.1) is 13.2 Å². The summed E-state index contributed by atoms with van der Waals surface area (Å²) in [4.78, 5) is 30.4. The van der Waals surface area contributed by atoms with Crippen LogP contribution in [0, 0.1) is 30.6 Å². The number of hydrogen-bond donors (Lipinski definition) is 1. The lowest BCUT2D eigenvalue weighted by molar-refractivity contribution is -0.274. The van der Waals surface area contributed by atoms with Gasteiger partial charge in [-0.3, -0.25) is 14.5 Å². The Kier molecular flexibility index (Phi) is 11.5. The molecule has 0 spiro atoms. The van der Waals surface area contributed by atoms with Crippen molar-refractivity contribution >= 4 is 17.5 Å². The molecule has 9 heteroatoms. The number of ether oxygens (including phenoxy) is 1. The number of aliphatic hydroxyl groups excluding tert-OH is 1. The second kappa shape index (κ2) is 14.6. The first-order chi connectivity index (χ1) is 20.3. The summed E-state index contributed by atoms with van der Waals surface area (Å²) >= 11 is 0. The van der Waals surface area contributed by atoms with Crippen molar-refractivity contribution in [2.75, 3.05) is 18.6 Å². The highest BCUT2D eigenvalue weighted by Crippen LogP contribution is 2.39. The minimum absolute atomic E-state index is 0.0200. The van der Waals surface area contributed by atoms with Gasteiger partial charge in [0, 0.05) is 25.1 Å². The fraction of sp³-hybridized carbons (Fsp3) is 0.471. The molecule has 2 aromatic carbocycles. The highest BCUT2D eigenvalue weighted by molar-refractivity contribution is 5.97. The lowest BCUT2D eigenvalue weighted by Gasteiger charge is -2.33. The molecular formula is C34H41F3N2O4. The Morgan fingerprint density at radius 1 is 1.19 bits per heavy atom. The Balaban J connectivity index is 2.28. The molecule has 43 heavy (non-hydrogen) atoms. The number of aliphatic hydroxyl groups is 1. The van der Waals surface area contributed by atoms with Gasteiger partial charge in [0.1, 0.15) is 12.4 Å². The van der Waals surface area contributed by atoms with Gasteiger partial charge in [0.15, 0.2) is 0 Å². The largest absolute Gasteiger partial charge is 0.573 e. The van der Waals surface area contributed by atoms with Gasteiger partial charge in [-0.25, -0.2) is 0 Å². The maximum atomic E-state index is 13.6. The number of imide groups is 1. The first kappa shape index (κ1) is 33.7. The maximum Gasteiger partial charge on any atom is 0.573 e. The average molecular weight is 599 g/mol. The molecule has 6 nitrogen and oxygen atoms in total. The summed E-state index contributed by atoms with van der Waals surface area (Å²) in [6.07, 6.45) is 0.960. The highest BCUT2D eigenvalue weighted by Gasteiger charge is 2.35. The van der Waals surface area contributed by atoms with Gasteiger partial charge in [0.05, 0.1) is 17.8 Å². The fourth-order valence-electron chi connectivity index (χ4n) is 5.03. The van der Waals surface area contributed by atoms with E-state index in [-0.39, 0.29) is 42.6 Å². The second-order valence-electron chi connectivity index (χ2n) is 11.1. The third kappa shape index (κ3) is 8.41. The molecule has 3 rings (SSSR count). The van der Waals surface area contributed by atoms with Crippen molar-refractivity contribution in [1.82, 2.24) is 4.90 Å². The van der Waals surface area contributed by atoms with Gasteiger partial charge >= 0.3 is 6.36 Å². The number of halogens is 3. The summed E-state index contributed by atoms with van der Waals surface area (Å²) < 4.78 is 42.5. The van der Waals surface area contributed by atoms with E-state index in [1.807, 2.05) is 51.9 Å². The van der Waals surface area contributed by atoms with E-state index in [4.69, 9.17) is 0 Å². The zero-order chi connectivity index (χ0) is 31.9. The molecule has 0 bridgehead atoms. The van der Waals surface area contributed by atoms with E-state index in [1.54, 1.807) is 19.1 Å². The number of alkyl halides is 3. The predicted octanol–water partition coefficient (Wildman–Crippen LogP) is 7.36. The summed E-state index contributed by atoms with van der Waals surface area (Å²) in [6, 6.07) is 7.44. The van der Waals surface area contributed by atoms with Crippen molar-refractivity contribution < 1.29 is 32.6 Å². The van der Waals surface area contributed by atoms with E-state index in [2.05, 4.69) is 16.6 Å². The molecule has 0 aliphatic heterocycles. The van der Waals surface area contributed by atoms with Crippen LogP contribution in [0.25, 0.3) is 11.1 Å². The molecule has 0 saturated heterocycles. The molecule has 0 heterocycles. The van der Waals surface area contributed by atoms with Crippen molar-refractivity contribution in [3.8, 4) is 28.7 Å². The number of hydrogen-bond acceptors (Lipinski definition) is 5. The Morgan fingerprint density at radius 3 is 2.35 bits per heavy atom. The molecule has 1 N–H and O–H groups in total. The monoisotopic (exact) mass is 598 g/mol. The van der Waals surface area contributed by atoms with Gasteiger partial charge < -0.3 is 14.7 Å². The van der Waals surface area contributed by atoms with Gasteiger partial charge in [0.25, 0.3) is 0 Å². The molecule has 1 saturated carbocycles. The molecule has 1 atom stereocenters. The Labute approximate surface area is 252 Å². The third-order valence-corrected chi connectivity index (χ3v) is 8.00. The number of carbonyl (C=O) groups is 2. The molecule has 1 unspecified atom stereocenters. The van der Waals surface area contributed by atoms with Crippen molar-refractivity contribution in [2.24, 2.45) is 11.8 Å². The quantitative estimate of drug-likeness (QED) is 0.290. The zero-order valence-electron chi connectivity index (χ0n) is 25.8. The van der Waals surface area contributed by atoms with Crippen LogP contribution < -0.4 is 9.64 Å². The number of nitrogens with zero attached hydrogens (tertiary/aromatic N) is 2. The van der Waals surface area contributed by atoms with Crippen LogP contribution in [0.2, 0.25) is 0 Å². The van der Waals surface area contributed by atoms with Crippen LogP contribution in [0.4, 0.5) is 18.9 Å². The van der Waals surface area contributed by atoms with Crippen LogP contribution in [-0.2, 0) is 16.1 Å². The van der Waals surface area contributed by atoms with E-state index in [0.29, 0.717) is 34.4 Å². The maximum absolute atomic E-state index is 13.6. The van der Waals surface area contributed by atoms with Crippen LogP contribution in [0.3, 0.4) is 0 Å². The smallest absolute Gasteiger partial charge is 0.406 e. The molecule has 0 radical (unpaired) electrons. The van der Waals surface area contributed by atoms with Gasteiger partial charge in [0.2, 0.25) is 11.8 Å². The molecule has 1 aliphatic rings. The zero-order valence-corrected chi connectivity index (χ0v) is 25.8. The molecule has 1 aliphatic carbocycles. The topological polar surface area (TPSA) is 70.1 Å². The van der Waals surface area contributed by atoms with Crippen LogP contribution >= 0.6 is 0 Å². The number of rotatable bonds is 10. The van der Waals surface area contributed by atoms with E-state index < -0.39 is 6.36 Å². The normalized spacial score (nSPS) is 14.3. The summed E-state index contributed by atoms with van der Waals surface area (Å²) in [6.45, 7) is 9.23. The first-order valence-electron chi connectivity index (χ1n) is 14.7. The van der Waals surface area contributed by atoms with Crippen molar-refractivity contribution in [1.29, 1.82) is 0 Å². The molecule has 232 valence electrons. The number of amides is 2. The summed E-state index contributed by atoms with van der Waals surface area (Å²) in [5.74, 6) is 4.45. The van der Waals surface area contributed by atoms with Crippen molar-refractivity contribution in [2.45, 2.75) is 79.6 Å². The average Bonchev–Trinajstić information content (AvgIpc) is 2.92. The molecule has 0 aromatic heterocycles. The minimum atomic E-state index is -4.81. The predicted molar refractivity (Wildman–Crippen MR) is 162 cm³/mol. The first-order valence-corrected chi connectivity index (χ1v) is 14.7. The van der Waals surface area contributed by atoms with Gasteiger partial charge in [-0.05, 0) is 80.0 Å². The summed E-state index contributed by atoms with van der Waals surface area (Å²) in [5.41, 5.74) is 5.11. The molecule has 2 aromatic rings.